The third kappa shape index (κ3) is 37.2. The third-order valence-corrected chi connectivity index (χ3v) is 10.8. The predicted octanol–water partition coefficient (Wildman–Crippen LogP) is 13.4. The van der Waals surface area contributed by atoms with Gasteiger partial charge in [0, 0.05) is 6.42 Å². The molecular formula is C47H91NO4. The number of hydrogen-bond acceptors (Lipinski definition) is 4. The molecule has 0 bridgehead atoms. The van der Waals surface area contributed by atoms with Crippen LogP contribution in [-0.2, 0) is 4.79 Å². The van der Waals surface area contributed by atoms with Crippen molar-refractivity contribution < 1.29 is 20.1 Å². The van der Waals surface area contributed by atoms with E-state index in [-0.39, 0.29) is 12.5 Å². The molecule has 0 spiro atoms. The van der Waals surface area contributed by atoms with Crippen molar-refractivity contribution in [1.82, 2.24) is 5.32 Å². The van der Waals surface area contributed by atoms with Crippen LogP contribution >= 0.6 is 0 Å². The van der Waals surface area contributed by atoms with Crippen LogP contribution in [0.1, 0.15) is 245 Å². The summed E-state index contributed by atoms with van der Waals surface area (Å²) in [5.74, 6) is -0.155. The fourth-order valence-corrected chi connectivity index (χ4v) is 7.21. The Labute approximate surface area is 324 Å². The fourth-order valence-electron chi connectivity index (χ4n) is 7.21. The molecule has 0 aromatic carbocycles. The Balaban J connectivity index is 3.58. The summed E-state index contributed by atoms with van der Waals surface area (Å²) in [7, 11) is 0. The maximum Gasteiger partial charge on any atom is 0.220 e. The maximum absolute atomic E-state index is 12.4. The Kier molecular flexibility index (Phi) is 41.6. The van der Waals surface area contributed by atoms with Gasteiger partial charge in [-0.05, 0) is 38.5 Å². The molecule has 0 aliphatic carbocycles. The molecule has 0 radical (unpaired) electrons. The molecule has 0 saturated heterocycles. The topological polar surface area (TPSA) is 89.8 Å². The minimum Gasteiger partial charge on any atom is -0.394 e. The number of nitrogens with one attached hydrogen (secondary N) is 1. The average molecular weight is 734 g/mol. The molecule has 4 N–H and O–H groups in total. The van der Waals surface area contributed by atoms with Gasteiger partial charge in [0.15, 0.2) is 0 Å². The van der Waals surface area contributed by atoms with Crippen LogP contribution in [0.3, 0.4) is 0 Å². The van der Waals surface area contributed by atoms with E-state index in [9.17, 15) is 20.1 Å². The second-order valence-electron chi connectivity index (χ2n) is 16.0. The van der Waals surface area contributed by atoms with Gasteiger partial charge in [0.1, 0.15) is 6.10 Å². The first-order chi connectivity index (χ1) is 25.6. The highest BCUT2D eigenvalue weighted by Crippen LogP contribution is 2.17. The Morgan fingerprint density at radius 1 is 0.481 bits per heavy atom. The van der Waals surface area contributed by atoms with Crippen LogP contribution in [0.15, 0.2) is 24.3 Å². The van der Waals surface area contributed by atoms with Crippen molar-refractivity contribution in [3.05, 3.63) is 24.3 Å². The smallest absolute Gasteiger partial charge is 0.220 e. The SMILES string of the molecule is CCCCC/C=C\C=C/CCCCCCCCC(=O)NC(CO)C(O)C(O)CCCCCCCCCCCCCCCCCCCCCCCCC. The van der Waals surface area contributed by atoms with Gasteiger partial charge in [0.05, 0.1) is 18.8 Å². The second-order valence-corrected chi connectivity index (χ2v) is 16.0. The van der Waals surface area contributed by atoms with E-state index >= 15 is 0 Å². The number of rotatable bonds is 42. The van der Waals surface area contributed by atoms with E-state index < -0.39 is 18.2 Å². The van der Waals surface area contributed by atoms with Gasteiger partial charge in [-0.15, -0.1) is 0 Å². The lowest BCUT2D eigenvalue weighted by atomic mass is 9.99. The van der Waals surface area contributed by atoms with Crippen LogP contribution in [0.2, 0.25) is 0 Å². The van der Waals surface area contributed by atoms with Crippen molar-refractivity contribution in [3.63, 3.8) is 0 Å². The summed E-state index contributed by atoms with van der Waals surface area (Å²) in [6, 6.07) is -0.814. The van der Waals surface area contributed by atoms with Crippen LogP contribution in [0.25, 0.3) is 0 Å². The normalized spacial score (nSPS) is 13.7. The van der Waals surface area contributed by atoms with E-state index in [1.165, 1.54) is 173 Å². The van der Waals surface area contributed by atoms with Gasteiger partial charge in [-0.3, -0.25) is 4.79 Å². The van der Waals surface area contributed by atoms with Gasteiger partial charge in [-0.25, -0.2) is 0 Å². The lowest BCUT2D eigenvalue weighted by molar-refractivity contribution is -0.124. The van der Waals surface area contributed by atoms with E-state index in [0.717, 1.165) is 44.9 Å². The van der Waals surface area contributed by atoms with Gasteiger partial charge in [0.25, 0.3) is 0 Å². The fraction of sp³-hybridized carbons (Fsp3) is 0.894. The summed E-state index contributed by atoms with van der Waals surface area (Å²) < 4.78 is 0. The number of hydrogen-bond donors (Lipinski definition) is 4. The summed E-state index contributed by atoms with van der Waals surface area (Å²) in [6.07, 6.45) is 51.5. The van der Waals surface area contributed by atoms with Crippen molar-refractivity contribution >= 4 is 5.91 Å². The molecule has 0 aromatic heterocycles. The van der Waals surface area contributed by atoms with Crippen LogP contribution in [0, 0.1) is 0 Å². The standard InChI is InChI=1S/C47H91NO4/c1-3-5-7-9-11-13-15-17-19-20-21-22-23-24-25-26-28-29-31-33-35-37-39-41-45(50)47(52)44(43-49)48-46(51)42-40-38-36-34-32-30-27-18-16-14-12-10-8-6-4-2/h12,14,16,18,44-45,47,49-50,52H,3-11,13,15,17,19-43H2,1-2H3,(H,48,51)/b14-12-,18-16-. The number of unbranched alkanes of at least 4 members (excludes halogenated alkanes) is 31. The molecule has 0 aliphatic rings. The van der Waals surface area contributed by atoms with Crippen LogP contribution in [0.5, 0.6) is 0 Å². The Morgan fingerprint density at radius 3 is 1.21 bits per heavy atom. The summed E-state index contributed by atoms with van der Waals surface area (Å²) >= 11 is 0. The highest BCUT2D eigenvalue weighted by molar-refractivity contribution is 5.76. The van der Waals surface area contributed by atoms with Gasteiger partial charge in [-0.2, -0.15) is 0 Å². The van der Waals surface area contributed by atoms with E-state index in [4.69, 9.17) is 0 Å². The molecule has 1 amide bonds. The number of amides is 1. The molecule has 52 heavy (non-hydrogen) atoms. The second kappa shape index (κ2) is 42.6. The van der Waals surface area contributed by atoms with Gasteiger partial charge in [-0.1, -0.05) is 224 Å². The van der Waals surface area contributed by atoms with Crippen LogP contribution in [0.4, 0.5) is 0 Å². The van der Waals surface area contributed by atoms with Crippen molar-refractivity contribution in [2.24, 2.45) is 0 Å². The molecule has 0 fully saturated rings. The Hall–Kier alpha value is -1.17. The summed E-state index contributed by atoms with van der Waals surface area (Å²) in [5.41, 5.74) is 0. The lowest BCUT2D eigenvalue weighted by Gasteiger charge is -2.26. The zero-order chi connectivity index (χ0) is 38.0. The maximum atomic E-state index is 12.4. The Bertz CT molecular complexity index is 768. The largest absolute Gasteiger partial charge is 0.394 e. The first-order valence-corrected chi connectivity index (χ1v) is 23.1. The first-order valence-electron chi connectivity index (χ1n) is 23.1. The molecule has 308 valence electrons. The average Bonchev–Trinajstić information content (AvgIpc) is 3.15. The monoisotopic (exact) mass is 734 g/mol. The van der Waals surface area contributed by atoms with Gasteiger partial charge in [0.2, 0.25) is 5.91 Å². The van der Waals surface area contributed by atoms with E-state index in [2.05, 4.69) is 43.5 Å². The van der Waals surface area contributed by atoms with Crippen LogP contribution < -0.4 is 5.32 Å². The zero-order valence-electron chi connectivity index (χ0n) is 35.0. The minimum absolute atomic E-state index is 0.155. The number of aliphatic hydroxyl groups excluding tert-OH is 3. The molecule has 0 saturated carbocycles. The molecule has 0 aromatic rings. The number of allylic oxidation sites excluding steroid dienone is 4. The lowest BCUT2D eigenvalue weighted by Crippen LogP contribution is -2.50. The molecule has 5 nitrogen and oxygen atoms in total. The van der Waals surface area contributed by atoms with Gasteiger partial charge >= 0.3 is 0 Å². The molecule has 5 heteroatoms. The van der Waals surface area contributed by atoms with Crippen molar-refractivity contribution in [1.29, 1.82) is 0 Å². The van der Waals surface area contributed by atoms with E-state index in [0.29, 0.717) is 12.8 Å². The van der Waals surface area contributed by atoms with Crippen LogP contribution in [-0.4, -0.2) is 46.1 Å². The summed E-state index contributed by atoms with van der Waals surface area (Å²) in [4.78, 5) is 12.4. The summed E-state index contributed by atoms with van der Waals surface area (Å²) in [6.45, 7) is 4.16. The highest BCUT2D eigenvalue weighted by Gasteiger charge is 2.26. The van der Waals surface area contributed by atoms with Crippen molar-refractivity contribution in [2.75, 3.05) is 6.61 Å². The van der Waals surface area contributed by atoms with Gasteiger partial charge < -0.3 is 20.6 Å². The number of carbonyl (C=O) groups excluding carboxylic acids is 1. The molecule has 3 atom stereocenters. The summed E-state index contributed by atoms with van der Waals surface area (Å²) in [5, 5.41) is 33.6. The van der Waals surface area contributed by atoms with Crippen molar-refractivity contribution in [2.45, 2.75) is 263 Å². The molecule has 3 unspecified atom stereocenters. The predicted molar refractivity (Wildman–Crippen MR) is 227 cm³/mol. The Morgan fingerprint density at radius 2 is 0.808 bits per heavy atom. The third-order valence-electron chi connectivity index (χ3n) is 10.8. The quantitative estimate of drug-likeness (QED) is 0.0371. The molecule has 0 heterocycles. The minimum atomic E-state index is -1.14. The van der Waals surface area contributed by atoms with E-state index in [1.54, 1.807) is 0 Å². The molecule has 0 rings (SSSR count). The number of carbonyl (C=O) groups is 1. The van der Waals surface area contributed by atoms with Crippen molar-refractivity contribution in [3.8, 4) is 0 Å². The number of aliphatic hydroxyl groups is 3. The zero-order valence-corrected chi connectivity index (χ0v) is 35.0. The molecule has 0 aliphatic heterocycles. The van der Waals surface area contributed by atoms with E-state index in [1.807, 2.05) is 0 Å². The highest BCUT2D eigenvalue weighted by atomic mass is 16.3. The first kappa shape index (κ1) is 50.8. The molecular weight excluding hydrogens is 643 g/mol.